The van der Waals surface area contributed by atoms with Gasteiger partial charge < -0.3 is 15.5 Å². The Hall–Kier alpha value is -1.31. The SMILES string of the molecule is CCCN=C(NCC)NCCC(=O)N(C)Cc1ccccc1.I. The molecule has 0 bridgehead atoms. The first-order valence-electron chi connectivity index (χ1n) is 7.97. The molecule has 0 radical (unpaired) electrons. The van der Waals surface area contributed by atoms with Crippen molar-refractivity contribution in [3.63, 3.8) is 0 Å². The van der Waals surface area contributed by atoms with Crippen molar-refractivity contribution in [3.8, 4) is 0 Å². The third-order valence-electron chi connectivity index (χ3n) is 3.16. The van der Waals surface area contributed by atoms with Crippen LogP contribution in [0.4, 0.5) is 0 Å². The number of nitrogens with zero attached hydrogens (tertiary/aromatic N) is 2. The Morgan fingerprint density at radius 2 is 1.87 bits per heavy atom. The number of hydrogen-bond donors (Lipinski definition) is 2. The van der Waals surface area contributed by atoms with Crippen LogP contribution in [0.2, 0.25) is 0 Å². The maximum atomic E-state index is 12.1. The summed E-state index contributed by atoms with van der Waals surface area (Å²) in [5.41, 5.74) is 1.14. The third-order valence-corrected chi connectivity index (χ3v) is 3.16. The van der Waals surface area contributed by atoms with Crippen LogP contribution in [0.25, 0.3) is 0 Å². The van der Waals surface area contributed by atoms with Crippen LogP contribution in [0.15, 0.2) is 35.3 Å². The van der Waals surface area contributed by atoms with Gasteiger partial charge in [0.25, 0.3) is 0 Å². The Balaban J connectivity index is 0.00000484. The van der Waals surface area contributed by atoms with Crippen molar-refractivity contribution < 1.29 is 4.79 Å². The second-order valence-corrected chi connectivity index (χ2v) is 5.17. The molecule has 23 heavy (non-hydrogen) atoms. The van der Waals surface area contributed by atoms with Crippen molar-refractivity contribution in [1.29, 1.82) is 0 Å². The topological polar surface area (TPSA) is 56.7 Å². The van der Waals surface area contributed by atoms with Gasteiger partial charge in [-0.2, -0.15) is 0 Å². The Bertz CT molecular complexity index is 465. The molecule has 0 spiro atoms. The summed E-state index contributed by atoms with van der Waals surface area (Å²) in [5, 5.41) is 6.37. The fourth-order valence-electron chi connectivity index (χ4n) is 1.99. The summed E-state index contributed by atoms with van der Waals surface area (Å²) in [6, 6.07) is 10.0. The van der Waals surface area contributed by atoms with E-state index in [0.29, 0.717) is 19.5 Å². The van der Waals surface area contributed by atoms with Gasteiger partial charge in [-0.25, -0.2) is 0 Å². The van der Waals surface area contributed by atoms with Crippen molar-refractivity contribution in [2.24, 2.45) is 4.99 Å². The van der Waals surface area contributed by atoms with E-state index < -0.39 is 0 Å². The molecule has 0 aliphatic rings. The predicted octanol–water partition coefficient (Wildman–Crippen LogP) is 2.62. The average Bonchev–Trinajstić information content (AvgIpc) is 2.53. The van der Waals surface area contributed by atoms with Gasteiger partial charge in [0.05, 0.1) is 0 Å². The van der Waals surface area contributed by atoms with E-state index in [1.54, 1.807) is 4.90 Å². The van der Waals surface area contributed by atoms with Crippen LogP contribution >= 0.6 is 24.0 Å². The molecule has 1 rings (SSSR count). The van der Waals surface area contributed by atoms with Crippen LogP contribution < -0.4 is 10.6 Å². The number of amides is 1. The lowest BCUT2D eigenvalue weighted by molar-refractivity contribution is -0.130. The van der Waals surface area contributed by atoms with Crippen molar-refractivity contribution in [2.45, 2.75) is 33.2 Å². The molecule has 0 unspecified atom stereocenters. The highest BCUT2D eigenvalue weighted by molar-refractivity contribution is 14.0. The number of benzene rings is 1. The fraction of sp³-hybridized carbons (Fsp3) is 0.529. The van der Waals surface area contributed by atoms with E-state index >= 15 is 0 Å². The van der Waals surface area contributed by atoms with Gasteiger partial charge in [-0.3, -0.25) is 9.79 Å². The number of carbonyl (C=O) groups is 1. The van der Waals surface area contributed by atoms with Crippen molar-refractivity contribution in [2.75, 3.05) is 26.7 Å². The van der Waals surface area contributed by atoms with Gasteiger partial charge in [0, 0.05) is 39.6 Å². The highest BCUT2D eigenvalue weighted by Gasteiger charge is 2.09. The normalized spacial score (nSPS) is 10.7. The molecular formula is C17H29IN4O. The summed E-state index contributed by atoms with van der Waals surface area (Å²) in [4.78, 5) is 18.3. The van der Waals surface area contributed by atoms with Crippen LogP contribution in [0.1, 0.15) is 32.3 Å². The average molecular weight is 432 g/mol. The minimum absolute atomic E-state index is 0. The number of rotatable bonds is 8. The fourth-order valence-corrected chi connectivity index (χ4v) is 1.99. The number of hydrogen-bond acceptors (Lipinski definition) is 2. The first-order valence-corrected chi connectivity index (χ1v) is 7.97. The maximum absolute atomic E-state index is 12.1. The number of aliphatic imine (C=N–C) groups is 1. The molecule has 0 aliphatic heterocycles. The zero-order valence-corrected chi connectivity index (χ0v) is 16.7. The van der Waals surface area contributed by atoms with Crippen molar-refractivity contribution in [1.82, 2.24) is 15.5 Å². The summed E-state index contributed by atoms with van der Waals surface area (Å²) >= 11 is 0. The highest BCUT2D eigenvalue weighted by Crippen LogP contribution is 2.03. The molecule has 6 heteroatoms. The molecule has 0 heterocycles. The zero-order valence-electron chi connectivity index (χ0n) is 14.3. The van der Waals surface area contributed by atoms with Gasteiger partial charge in [-0.15, -0.1) is 24.0 Å². The molecule has 5 nitrogen and oxygen atoms in total. The molecular weight excluding hydrogens is 403 g/mol. The Labute approximate surface area is 157 Å². The van der Waals surface area contributed by atoms with Gasteiger partial charge in [0.2, 0.25) is 5.91 Å². The molecule has 0 aliphatic carbocycles. The molecule has 1 aromatic rings. The molecule has 2 N–H and O–H groups in total. The van der Waals surface area contributed by atoms with Gasteiger partial charge in [0.15, 0.2) is 5.96 Å². The molecule has 0 saturated heterocycles. The zero-order chi connectivity index (χ0) is 16.2. The largest absolute Gasteiger partial charge is 0.357 e. The lowest BCUT2D eigenvalue weighted by atomic mass is 10.2. The summed E-state index contributed by atoms with van der Waals surface area (Å²) in [6.07, 6.45) is 1.47. The van der Waals surface area contributed by atoms with Gasteiger partial charge in [-0.05, 0) is 18.9 Å². The van der Waals surface area contributed by atoms with Crippen molar-refractivity contribution >= 4 is 35.8 Å². The Morgan fingerprint density at radius 1 is 1.17 bits per heavy atom. The monoisotopic (exact) mass is 432 g/mol. The van der Waals surface area contributed by atoms with Crippen LogP contribution in [0.3, 0.4) is 0 Å². The second kappa shape index (κ2) is 13.2. The summed E-state index contributed by atoms with van der Waals surface area (Å²) < 4.78 is 0. The quantitative estimate of drug-likeness (QED) is 0.377. The van der Waals surface area contributed by atoms with Gasteiger partial charge in [-0.1, -0.05) is 37.3 Å². The standard InChI is InChI=1S/C17H28N4O.HI/c1-4-12-19-17(18-5-2)20-13-11-16(22)21(3)14-15-9-7-6-8-10-15;/h6-10H,4-5,11-14H2,1-3H3,(H2,18,19,20);1H. The molecule has 0 fully saturated rings. The van der Waals surface area contributed by atoms with Gasteiger partial charge in [0.1, 0.15) is 0 Å². The van der Waals surface area contributed by atoms with E-state index in [1.165, 1.54) is 0 Å². The first kappa shape index (κ1) is 21.7. The van der Waals surface area contributed by atoms with E-state index in [4.69, 9.17) is 0 Å². The van der Waals surface area contributed by atoms with E-state index in [2.05, 4.69) is 22.5 Å². The summed E-state index contributed by atoms with van der Waals surface area (Å²) in [6.45, 7) is 6.96. The molecule has 0 atom stereocenters. The van der Waals surface area contributed by atoms with Crippen molar-refractivity contribution in [3.05, 3.63) is 35.9 Å². The minimum Gasteiger partial charge on any atom is -0.357 e. The maximum Gasteiger partial charge on any atom is 0.224 e. The number of nitrogens with one attached hydrogen (secondary N) is 2. The van der Waals surface area contributed by atoms with E-state index in [-0.39, 0.29) is 29.9 Å². The van der Waals surface area contributed by atoms with E-state index in [9.17, 15) is 4.79 Å². The molecule has 0 aromatic heterocycles. The third kappa shape index (κ3) is 9.43. The molecule has 1 aromatic carbocycles. The summed E-state index contributed by atoms with van der Waals surface area (Å²) in [5.74, 6) is 0.908. The Morgan fingerprint density at radius 3 is 2.48 bits per heavy atom. The minimum atomic E-state index is 0. The number of guanidine groups is 1. The number of halogens is 1. The predicted molar refractivity (Wildman–Crippen MR) is 107 cm³/mol. The lowest BCUT2D eigenvalue weighted by Crippen LogP contribution is -2.39. The van der Waals surface area contributed by atoms with Crippen LogP contribution in [-0.2, 0) is 11.3 Å². The highest BCUT2D eigenvalue weighted by atomic mass is 127. The Kier molecular flexibility index (Phi) is 12.4. The van der Waals surface area contributed by atoms with Crippen LogP contribution in [0, 0.1) is 0 Å². The van der Waals surface area contributed by atoms with Gasteiger partial charge >= 0.3 is 0 Å². The molecule has 1 amide bonds. The second-order valence-electron chi connectivity index (χ2n) is 5.17. The lowest BCUT2D eigenvalue weighted by Gasteiger charge is -2.18. The van der Waals surface area contributed by atoms with Crippen LogP contribution in [0.5, 0.6) is 0 Å². The van der Waals surface area contributed by atoms with E-state index in [1.807, 2.05) is 44.3 Å². The van der Waals surface area contributed by atoms with E-state index in [0.717, 1.165) is 31.0 Å². The molecule has 0 saturated carbocycles. The summed E-state index contributed by atoms with van der Waals surface area (Å²) in [7, 11) is 1.84. The number of carbonyl (C=O) groups excluding carboxylic acids is 1. The smallest absolute Gasteiger partial charge is 0.224 e. The van der Waals surface area contributed by atoms with Crippen LogP contribution in [-0.4, -0.2) is 43.4 Å². The molecule has 130 valence electrons. The first-order chi connectivity index (χ1) is 10.7.